The summed E-state index contributed by atoms with van der Waals surface area (Å²) < 4.78 is 22.5. The smallest absolute Gasteiger partial charge is 0.266 e. The molecule has 1 aromatic carbocycles. The number of nitriles is 1. The molecule has 1 aliphatic heterocycles. The molecular formula is C16H22N6O3S. The van der Waals surface area contributed by atoms with E-state index in [1.807, 2.05) is 6.07 Å². The molecule has 0 aromatic heterocycles. The minimum absolute atomic E-state index is 0.0148. The first-order valence-electron chi connectivity index (χ1n) is 8.06. The lowest BCUT2D eigenvalue weighted by molar-refractivity contribution is -0.128. The number of primary sulfonamides is 1. The summed E-state index contributed by atoms with van der Waals surface area (Å²) in [6.07, 6.45) is 1.32. The van der Waals surface area contributed by atoms with Gasteiger partial charge >= 0.3 is 0 Å². The van der Waals surface area contributed by atoms with E-state index in [4.69, 9.17) is 10.9 Å². The first-order chi connectivity index (χ1) is 12.3. The molecule has 0 atom stereocenters. The number of anilines is 1. The average Bonchev–Trinajstić information content (AvgIpc) is 2.62. The molecule has 26 heavy (non-hydrogen) atoms. The van der Waals surface area contributed by atoms with Gasteiger partial charge < -0.3 is 16.0 Å². The van der Waals surface area contributed by atoms with Gasteiger partial charge in [-0.15, -0.1) is 0 Å². The van der Waals surface area contributed by atoms with Crippen molar-refractivity contribution < 1.29 is 13.2 Å². The zero-order valence-electron chi connectivity index (χ0n) is 14.3. The molecule has 2 rings (SSSR count). The maximum Gasteiger partial charge on any atom is 0.266 e. The summed E-state index contributed by atoms with van der Waals surface area (Å²) >= 11 is 0. The highest BCUT2D eigenvalue weighted by Gasteiger charge is 2.23. The van der Waals surface area contributed by atoms with Gasteiger partial charge in [0.05, 0.1) is 4.90 Å². The maximum absolute atomic E-state index is 12.5. The molecule has 1 fully saturated rings. The molecule has 0 unspecified atom stereocenters. The lowest BCUT2D eigenvalue weighted by atomic mass is 10.2. The van der Waals surface area contributed by atoms with Gasteiger partial charge in [0.25, 0.3) is 5.91 Å². The summed E-state index contributed by atoms with van der Waals surface area (Å²) in [4.78, 5) is 16.2. The van der Waals surface area contributed by atoms with E-state index in [1.165, 1.54) is 30.5 Å². The van der Waals surface area contributed by atoms with Crippen molar-refractivity contribution in [3.63, 3.8) is 0 Å². The van der Waals surface area contributed by atoms with E-state index in [0.717, 1.165) is 19.6 Å². The number of amides is 1. The number of nitrogens with two attached hydrogens (primary N) is 2. The van der Waals surface area contributed by atoms with Crippen LogP contribution in [0.15, 0.2) is 40.9 Å². The van der Waals surface area contributed by atoms with Crippen molar-refractivity contribution in [2.75, 3.05) is 44.6 Å². The van der Waals surface area contributed by atoms with Crippen molar-refractivity contribution in [1.82, 2.24) is 9.80 Å². The summed E-state index contributed by atoms with van der Waals surface area (Å²) in [5.41, 5.74) is 6.04. The first-order valence-corrected chi connectivity index (χ1v) is 9.61. The third-order valence-electron chi connectivity index (χ3n) is 4.02. The van der Waals surface area contributed by atoms with Crippen LogP contribution in [-0.4, -0.2) is 63.4 Å². The molecule has 1 heterocycles. The second-order valence-electron chi connectivity index (χ2n) is 5.81. The molecule has 140 valence electrons. The quantitative estimate of drug-likeness (QED) is 0.436. The van der Waals surface area contributed by atoms with E-state index in [9.17, 15) is 18.5 Å². The van der Waals surface area contributed by atoms with Crippen LogP contribution in [0.1, 0.15) is 0 Å². The zero-order chi connectivity index (χ0) is 19.2. The predicted molar refractivity (Wildman–Crippen MR) is 97.2 cm³/mol. The molecule has 0 spiro atoms. The number of nitrogens with one attached hydrogen (secondary N) is 1. The van der Waals surface area contributed by atoms with Crippen molar-refractivity contribution in [1.29, 1.82) is 5.26 Å². The summed E-state index contributed by atoms with van der Waals surface area (Å²) in [7, 11) is -3.76. The zero-order valence-corrected chi connectivity index (χ0v) is 15.1. The Balaban J connectivity index is 1.99. The molecule has 1 saturated heterocycles. The van der Waals surface area contributed by atoms with Gasteiger partial charge in [0.2, 0.25) is 10.0 Å². The molecule has 1 aliphatic rings. The maximum atomic E-state index is 12.5. The molecule has 0 bridgehead atoms. The van der Waals surface area contributed by atoms with Gasteiger partial charge in [-0.05, 0) is 24.3 Å². The van der Waals surface area contributed by atoms with Crippen LogP contribution in [0.3, 0.4) is 0 Å². The van der Waals surface area contributed by atoms with Crippen molar-refractivity contribution in [3.8, 4) is 6.07 Å². The Kier molecular flexibility index (Phi) is 6.70. The summed E-state index contributed by atoms with van der Waals surface area (Å²) in [6, 6.07) is 7.59. The topological polar surface area (TPSA) is 146 Å². The molecule has 0 saturated carbocycles. The molecular weight excluding hydrogens is 356 g/mol. The fraction of sp³-hybridized carbons (Fsp3) is 0.375. The number of nitrogens with zero attached hydrogens (tertiary/aromatic N) is 3. The van der Waals surface area contributed by atoms with Crippen LogP contribution in [0.25, 0.3) is 0 Å². The van der Waals surface area contributed by atoms with Gasteiger partial charge in [-0.2, -0.15) is 5.26 Å². The Labute approximate surface area is 152 Å². The van der Waals surface area contributed by atoms with Gasteiger partial charge in [0, 0.05) is 51.2 Å². The number of sulfonamides is 1. The van der Waals surface area contributed by atoms with Crippen LogP contribution >= 0.6 is 0 Å². The summed E-state index contributed by atoms with van der Waals surface area (Å²) in [5.74, 6) is -0.339. The molecule has 1 amide bonds. The van der Waals surface area contributed by atoms with E-state index < -0.39 is 10.0 Å². The van der Waals surface area contributed by atoms with Crippen LogP contribution < -0.4 is 16.2 Å². The number of benzene rings is 1. The second kappa shape index (κ2) is 8.77. The summed E-state index contributed by atoms with van der Waals surface area (Å²) in [5, 5.41) is 17.1. The fourth-order valence-corrected chi connectivity index (χ4v) is 3.08. The Hall–Kier alpha value is -2.45. The van der Waals surface area contributed by atoms with Gasteiger partial charge in [-0.25, -0.2) is 13.6 Å². The molecule has 0 radical (unpaired) electrons. The minimum Gasteiger partial charge on any atom is -0.360 e. The standard InChI is InChI=1S/C16H22N6O3S/c17-5-6-21-7-9-22(10-8-21)16(23)13(11-18)12-20-14-1-3-15(4-2-14)26(19,24)25/h1-4,12,20H,5-10,17H2,(H2,19,24,25)/b13-12-. The fourth-order valence-electron chi connectivity index (χ4n) is 2.57. The Bertz CT molecular complexity index is 805. The van der Waals surface area contributed by atoms with Crippen molar-refractivity contribution in [2.24, 2.45) is 10.9 Å². The van der Waals surface area contributed by atoms with Crippen molar-refractivity contribution in [3.05, 3.63) is 36.0 Å². The third-order valence-corrected chi connectivity index (χ3v) is 4.95. The number of carbonyl (C=O) groups is 1. The third kappa shape index (κ3) is 5.27. The number of rotatable bonds is 6. The Morgan fingerprint density at radius 2 is 1.85 bits per heavy atom. The Morgan fingerprint density at radius 3 is 2.35 bits per heavy atom. The molecule has 0 aliphatic carbocycles. The number of hydrogen-bond donors (Lipinski definition) is 3. The highest BCUT2D eigenvalue weighted by atomic mass is 32.2. The second-order valence-corrected chi connectivity index (χ2v) is 7.37. The highest BCUT2D eigenvalue weighted by molar-refractivity contribution is 7.89. The first kappa shape index (κ1) is 19.9. The van der Waals surface area contributed by atoms with Crippen LogP contribution in [0.4, 0.5) is 5.69 Å². The molecule has 5 N–H and O–H groups in total. The van der Waals surface area contributed by atoms with Crippen LogP contribution in [0, 0.1) is 11.3 Å². The predicted octanol–water partition coefficient (Wildman–Crippen LogP) is -0.744. The lowest BCUT2D eigenvalue weighted by Gasteiger charge is -2.34. The van der Waals surface area contributed by atoms with Crippen molar-refractivity contribution in [2.45, 2.75) is 4.90 Å². The number of piperazine rings is 1. The lowest BCUT2D eigenvalue weighted by Crippen LogP contribution is -2.50. The average molecular weight is 378 g/mol. The molecule has 1 aromatic rings. The van der Waals surface area contributed by atoms with Gasteiger partial charge in [0.1, 0.15) is 11.6 Å². The van der Waals surface area contributed by atoms with E-state index >= 15 is 0 Å². The van der Waals surface area contributed by atoms with Crippen LogP contribution in [0.5, 0.6) is 0 Å². The largest absolute Gasteiger partial charge is 0.360 e. The molecule has 9 nitrogen and oxygen atoms in total. The van der Waals surface area contributed by atoms with E-state index in [2.05, 4.69) is 10.2 Å². The highest BCUT2D eigenvalue weighted by Crippen LogP contribution is 2.14. The summed E-state index contributed by atoms with van der Waals surface area (Å²) in [6.45, 7) is 3.90. The number of carbonyl (C=O) groups excluding carboxylic acids is 1. The van der Waals surface area contributed by atoms with E-state index in [1.54, 1.807) is 4.90 Å². The monoisotopic (exact) mass is 378 g/mol. The van der Waals surface area contributed by atoms with Gasteiger partial charge in [-0.1, -0.05) is 0 Å². The van der Waals surface area contributed by atoms with Gasteiger partial charge in [0.15, 0.2) is 0 Å². The minimum atomic E-state index is -3.76. The van der Waals surface area contributed by atoms with E-state index in [0.29, 0.717) is 25.3 Å². The normalized spacial score (nSPS) is 16.2. The number of hydrogen-bond acceptors (Lipinski definition) is 7. The van der Waals surface area contributed by atoms with E-state index in [-0.39, 0.29) is 16.4 Å². The van der Waals surface area contributed by atoms with Crippen LogP contribution in [0.2, 0.25) is 0 Å². The van der Waals surface area contributed by atoms with Gasteiger partial charge in [-0.3, -0.25) is 9.69 Å². The molecule has 10 heteroatoms. The van der Waals surface area contributed by atoms with Crippen LogP contribution in [-0.2, 0) is 14.8 Å². The SMILES string of the molecule is N#C/C(=C/Nc1ccc(S(N)(=O)=O)cc1)C(=O)N1CCN(CCN)CC1. The Morgan fingerprint density at radius 1 is 1.23 bits per heavy atom. The van der Waals surface area contributed by atoms with Crippen molar-refractivity contribution >= 4 is 21.6 Å².